The second kappa shape index (κ2) is 4.58. The molecular weight excluding hydrogens is 228 g/mol. The molecule has 0 fully saturated rings. The number of carboxylic acids is 1. The topological polar surface area (TPSA) is 46.5 Å². The third-order valence-corrected chi connectivity index (χ3v) is 2.67. The summed E-state index contributed by atoms with van der Waals surface area (Å²) in [6.45, 7) is 0.603. The fourth-order valence-electron chi connectivity index (χ4n) is 1.76. The van der Waals surface area contributed by atoms with E-state index in [9.17, 15) is 4.79 Å². The van der Waals surface area contributed by atoms with Crippen LogP contribution in [0.5, 0.6) is 5.75 Å². The van der Waals surface area contributed by atoms with E-state index in [1.165, 1.54) is 6.08 Å². The molecule has 16 heavy (non-hydrogen) atoms. The van der Waals surface area contributed by atoms with E-state index >= 15 is 0 Å². The standard InChI is InChI=1S/C12H11ClO3/c13-9-3-4-11-10(7-9)8(6-12(14)15)2-1-5-16-11/h3-4,6-7H,1-2,5H2,(H,14,15)/b8-6+. The van der Waals surface area contributed by atoms with Crippen LogP contribution in [0.25, 0.3) is 5.57 Å². The van der Waals surface area contributed by atoms with Gasteiger partial charge in [0.15, 0.2) is 0 Å². The van der Waals surface area contributed by atoms with Gasteiger partial charge in [-0.15, -0.1) is 0 Å². The molecule has 0 unspecified atom stereocenters. The molecule has 84 valence electrons. The van der Waals surface area contributed by atoms with Gasteiger partial charge in [0.05, 0.1) is 6.61 Å². The summed E-state index contributed by atoms with van der Waals surface area (Å²) in [5, 5.41) is 9.39. The quantitative estimate of drug-likeness (QED) is 0.765. The zero-order valence-electron chi connectivity index (χ0n) is 8.57. The maximum atomic E-state index is 10.7. The van der Waals surface area contributed by atoms with Crippen LogP contribution in [0.4, 0.5) is 0 Å². The summed E-state index contributed by atoms with van der Waals surface area (Å²) in [5.74, 6) is -0.239. The number of carbonyl (C=O) groups is 1. The molecule has 0 spiro atoms. The lowest BCUT2D eigenvalue weighted by atomic mass is 10.0. The molecule has 1 aliphatic rings. The summed E-state index contributed by atoms with van der Waals surface area (Å²) in [5.41, 5.74) is 1.55. The summed E-state index contributed by atoms with van der Waals surface area (Å²) in [6.07, 6.45) is 2.73. The molecule has 1 aromatic carbocycles. The van der Waals surface area contributed by atoms with Crippen molar-refractivity contribution < 1.29 is 14.6 Å². The predicted molar refractivity (Wildman–Crippen MR) is 61.8 cm³/mol. The second-order valence-electron chi connectivity index (χ2n) is 3.60. The number of carboxylic acid groups (broad SMARTS) is 1. The molecule has 0 saturated heterocycles. The highest BCUT2D eigenvalue weighted by Gasteiger charge is 2.14. The maximum absolute atomic E-state index is 10.7. The van der Waals surface area contributed by atoms with Crippen molar-refractivity contribution in [2.45, 2.75) is 12.8 Å². The monoisotopic (exact) mass is 238 g/mol. The lowest BCUT2D eigenvalue weighted by molar-refractivity contribution is -0.131. The Hall–Kier alpha value is -1.48. The fraction of sp³-hybridized carbons (Fsp3) is 0.250. The van der Waals surface area contributed by atoms with Crippen LogP contribution >= 0.6 is 11.6 Å². The minimum atomic E-state index is -0.942. The van der Waals surface area contributed by atoms with Crippen LogP contribution in [0.1, 0.15) is 18.4 Å². The minimum absolute atomic E-state index is 0.584. The van der Waals surface area contributed by atoms with Gasteiger partial charge in [0.25, 0.3) is 0 Å². The van der Waals surface area contributed by atoms with Crippen LogP contribution in [-0.2, 0) is 4.79 Å². The number of benzene rings is 1. The highest BCUT2D eigenvalue weighted by molar-refractivity contribution is 6.30. The summed E-state index contributed by atoms with van der Waals surface area (Å²) in [7, 11) is 0. The lowest BCUT2D eigenvalue weighted by Gasteiger charge is -2.08. The SMILES string of the molecule is O=C(O)/C=C1\CCCOc2ccc(Cl)cc21. The van der Waals surface area contributed by atoms with Crippen molar-refractivity contribution in [2.24, 2.45) is 0 Å². The van der Waals surface area contributed by atoms with Crippen LogP contribution in [0, 0.1) is 0 Å². The van der Waals surface area contributed by atoms with Crippen LogP contribution in [0.3, 0.4) is 0 Å². The molecule has 0 atom stereocenters. The van der Waals surface area contributed by atoms with Gasteiger partial charge in [-0.3, -0.25) is 0 Å². The van der Waals surface area contributed by atoms with Crippen LogP contribution < -0.4 is 4.74 Å². The highest BCUT2D eigenvalue weighted by atomic mass is 35.5. The highest BCUT2D eigenvalue weighted by Crippen LogP contribution is 2.34. The summed E-state index contributed by atoms with van der Waals surface area (Å²) in [4.78, 5) is 10.7. The smallest absolute Gasteiger partial charge is 0.328 e. The van der Waals surface area contributed by atoms with Gasteiger partial charge in [-0.2, -0.15) is 0 Å². The van der Waals surface area contributed by atoms with Crippen molar-refractivity contribution >= 4 is 23.1 Å². The number of fused-ring (bicyclic) bond motifs is 1. The van der Waals surface area contributed by atoms with Gasteiger partial charge in [0.1, 0.15) is 5.75 Å². The van der Waals surface area contributed by atoms with Gasteiger partial charge in [-0.1, -0.05) is 11.6 Å². The Morgan fingerprint density at radius 1 is 1.50 bits per heavy atom. The first kappa shape index (κ1) is 11.0. The van der Waals surface area contributed by atoms with Crippen LogP contribution in [-0.4, -0.2) is 17.7 Å². The largest absolute Gasteiger partial charge is 0.493 e. The normalized spacial score (nSPS) is 17.4. The molecule has 1 aliphatic heterocycles. The second-order valence-corrected chi connectivity index (χ2v) is 4.04. The third-order valence-electron chi connectivity index (χ3n) is 2.43. The maximum Gasteiger partial charge on any atom is 0.328 e. The van der Waals surface area contributed by atoms with Gasteiger partial charge in [-0.25, -0.2) is 4.79 Å². The van der Waals surface area contributed by atoms with Crippen molar-refractivity contribution in [2.75, 3.05) is 6.61 Å². The third kappa shape index (κ3) is 2.36. The van der Waals surface area contributed by atoms with E-state index in [1.807, 2.05) is 0 Å². The Morgan fingerprint density at radius 2 is 2.31 bits per heavy atom. The number of hydrogen-bond acceptors (Lipinski definition) is 2. The van der Waals surface area contributed by atoms with E-state index in [0.717, 1.165) is 17.6 Å². The minimum Gasteiger partial charge on any atom is -0.493 e. The first-order valence-electron chi connectivity index (χ1n) is 5.03. The first-order valence-corrected chi connectivity index (χ1v) is 5.41. The Balaban J connectivity index is 2.50. The van der Waals surface area contributed by atoms with Gasteiger partial charge < -0.3 is 9.84 Å². The molecule has 3 nitrogen and oxygen atoms in total. The number of rotatable bonds is 1. The molecule has 0 bridgehead atoms. The molecule has 0 radical (unpaired) electrons. The average molecular weight is 239 g/mol. The molecule has 0 aliphatic carbocycles. The molecule has 4 heteroatoms. The van der Waals surface area contributed by atoms with E-state index in [0.29, 0.717) is 23.8 Å². The molecule has 0 aromatic heterocycles. The van der Waals surface area contributed by atoms with E-state index in [1.54, 1.807) is 18.2 Å². The van der Waals surface area contributed by atoms with Crippen molar-refractivity contribution in [1.29, 1.82) is 0 Å². The zero-order valence-corrected chi connectivity index (χ0v) is 9.33. The van der Waals surface area contributed by atoms with E-state index < -0.39 is 5.97 Å². The molecule has 0 saturated carbocycles. The summed E-state index contributed by atoms with van der Waals surface area (Å²) < 4.78 is 5.52. The summed E-state index contributed by atoms with van der Waals surface area (Å²) in [6, 6.07) is 5.26. The van der Waals surface area contributed by atoms with Crippen molar-refractivity contribution in [1.82, 2.24) is 0 Å². The number of halogens is 1. The first-order chi connectivity index (χ1) is 7.66. The zero-order chi connectivity index (χ0) is 11.5. The molecule has 1 N–H and O–H groups in total. The van der Waals surface area contributed by atoms with Crippen molar-refractivity contribution in [3.63, 3.8) is 0 Å². The van der Waals surface area contributed by atoms with Crippen LogP contribution in [0.2, 0.25) is 5.02 Å². The Labute approximate surface area is 98.3 Å². The fourth-order valence-corrected chi connectivity index (χ4v) is 1.93. The molecule has 1 aromatic rings. The van der Waals surface area contributed by atoms with Crippen molar-refractivity contribution in [3.05, 3.63) is 34.9 Å². The average Bonchev–Trinajstić information content (AvgIpc) is 2.41. The Morgan fingerprint density at radius 3 is 3.06 bits per heavy atom. The molecule has 0 amide bonds. The summed E-state index contributed by atoms with van der Waals surface area (Å²) >= 11 is 5.90. The number of ether oxygens (including phenoxy) is 1. The Kier molecular flexibility index (Phi) is 3.15. The lowest BCUT2D eigenvalue weighted by Crippen LogP contribution is -1.94. The van der Waals surface area contributed by atoms with Gasteiger partial charge in [-0.05, 0) is 36.6 Å². The van der Waals surface area contributed by atoms with Gasteiger partial charge >= 0.3 is 5.97 Å². The van der Waals surface area contributed by atoms with Gasteiger partial charge in [0.2, 0.25) is 0 Å². The van der Waals surface area contributed by atoms with E-state index in [4.69, 9.17) is 21.4 Å². The molecule has 2 rings (SSSR count). The number of allylic oxidation sites excluding steroid dienone is 1. The number of hydrogen-bond donors (Lipinski definition) is 1. The molecular formula is C12H11ClO3. The number of aliphatic carboxylic acids is 1. The predicted octanol–water partition coefficient (Wildman–Crippen LogP) is 2.98. The van der Waals surface area contributed by atoms with E-state index in [2.05, 4.69) is 0 Å². The Bertz CT molecular complexity index is 452. The van der Waals surface area contributed by atoms with E-state index in [-0.39, 0.29) is 0 Å². The van der Waals surface area contributed by atoms with Crippen molar-refractivity contribution in [3.8, 4) is 5.75 Å². The van der Waals surface area contributed by atoms with Crippen LogP contribution in [0.15, 0.2) is 24.3 Å². The van der Waals surface area contributed by atoms with Gasteiger partial charge in [0, 0.05) is 16.7 Å². The molecule has 1 heterocycles.